The predicted molar refractivity (Wildman–Crippen MR) is 118 cm³/mol. The molecule has 0 saturated carbocycles. The molecule has 0 aromatic heterocycles. The summed E-state index contributed by atoms with van der Waals surface area (Å²) in [5.74, 6) is -1.09. The maximum atomic E-state index is 13.6. The second-order valence-electron chi connectivity index (χ2n) is 7.75. The van der Waals surface area contributed by atoms with Crippen LogP contribution in [0.25, 0.3) is 0 Å². The highest BCUT2D eigenvalue weighted by molar-refractivity contribution is 6.23. The molecule has 0 N–H and O–H groups in total. The molecular weight excluding hydrogens is 427 g/mol. The molecule has 0 radical (unpaired) electrons. The smallest absolute Gasteiger partial charge is 0.266 e. The number of anilines is 2. The van der Waals surface area contributed by atoms with Gasteiger partial charge >= 0.3 is 0 Å². The van der Waals surface area contributed by atoms with Gasteiger partial charge in [0, 0.05) is 11.6 Å². The van der Waals surface area contributed by atoms with E-state index in [0.717, 1.165) is 4.90 Å². The predicted octanol–water partition coefficient (Wildman–Crippen LogP) is 3.89. The first-order valence-corrected chi connectivity index (χ1v) is 10.4. The Bertz CT molecular complexity index is 1200. The van der Waals surface area contributed by atoms with E-state index in [0.29, 0.717) is 28.4 Å². The Kier molecular flexibility index (Phi) is 5.22. The monoisotopic (exact) mass is 448 g/mol. The summed E-state index contributed by atoms with van der Waals surface area (Å²) in [6, 6.07) is 19.2. The fraction of sp³-hybridized carbons (Fsp3) is 0.200. The summed E-state index contributed by atoms with van der Waals surface area (Å²) < 4.78 is 24.3. The highest BCUT2D eigenvalue weighted by Gasteiger charge is 2.60. The molecule has 2 aliphatic heterocycles. The summed E-state index contributed by atoms with van der Waals surface area (Å²) in [5.41, 5.74) is 1.68. The number of hydrogen-bond acceptors (Lipinski definition) is 6. The van der Waals surface area contributed by atoms with E-state index in [9.17, 15) is 14.0 Å². The largest absolute Gasteiger partial charge is 0.497 e. The van der Waals surface area contributed by atoms with E-state index < -0.39 is 35.7 Å². The number of amides is 2. The van der Waals surface area contributed by atoms with Crippen molar-refractivity contribution < 1.29 is 28.3 Å². The van der Waals surface area contributed by atoms with Crippen molar-refractivity contribution in [3.05, 3.63) is 84.2 Å². The van der Waals surface area contributed by atoms with E-state index in [1.807, 2.05) is 36.4 Å². The molecule has 8 heteroatoms. The maximum Gasteiger partial charge on any atom is 0.266 e. The van der Waals surface area contributed by atoms with Gasteiger partial charge in [-0.05, 0) is 48.5 Å². The van der Waals surface area contributed by atoms with Crippen molar-refractivity contribution in [2.75, 3.05) is 24.2 Å². The summed E-state index contributed by atoms with van der Waals surface area (Å²) in [6.07, 6.45) is -1.03. The summed E-state index contributed by atoms with van der Waals surface area (Å²) in [5, 5.41) is 1.59. The van der Waals surface area contributed by atoms with Gasteiger partial charge in [0.15, 0.2) is 6.10 Å². The second-order valence-corrected chi connectivity index (χ2v) is 7.75. The van der Waals surface area contributed by atoms with Crippen molar-refractivity contribution in [2.45, 2.75) is 12.1 Å². The Hall–Kier alpha value is -3.91. The van der Waals surface area contributed by atoms with Crippen LogP contribution in [0.1, 0.15) is 11.6 Å². The van der Waals surface area contributed by atoms with Gasteiger partial charge < -0.3 is 9.47 Å². The average Bonchev–Trinajstić information content (AvgIpc) is 3.35. The standard InChI is InChI=1S/C25H21FN2O5/c1-31-18-12-13-19(20(14-18)32-2)22-21-23(33-28(22)17-6-4-3-5-7-17)25(30)27(24(21)29)16-10-8-15(26)9-11-16/h3-14,21-23H,1-2H3. The number of rotatable bonds is 5. The van der Waals surface area contributed by atoms with Gasteiger partial charge in [-0.3, -0.25) is 14.4 Å². The molecule has 33 heavy (non-hydrogen) atoms. The van der Waals surface area contributed by atoms with Crippen molar-refractivity contribution in [1.82, 2.24) is 0 Å². The van der Waals surface area contributed by atoms with E-state index >= 15 is 0 Å². The normalized spacial score (nSPS) is 22.0. The van der Waals surface area contributed by atoms with Crippen LogP contribution in [-0.4, -0.2) is 32.1 Å². The van der Waals surface area contributed by atoms with E-state index in [1.165, 1.54) is 31.4 Å². The SMILES string of the molecule is COc1ccc(C2C3C(=O)N(c4ccc(F)cc4)C(=O)C3ON2c2ccccc2)c(OC)c1. The van der Waals surface area contributed by atoms with Gasteiger partial charge in [-0.15, -0.1) is 0 Å². The van der Waals surface area contributed by atoms with Gasteiger partial charge in [0.25, 0.3) is 5.91 Å². The minimum absolute atomic E-state index is 0.302. The molecule has 2 fully saturated rings. The van der Waals surface area contributed by atoms with Crippen LogP contribution in [0.5, 0.6) is 11.5 Å². The van der Waals surface area contributed by atoms with Gasteiger partial charge in [0.1, 0.15) is 23.2 Å². The van der Waals surface area contributed by atoms with Crippen molar-refractivity contribution in [3.8, 4) is 11.5 Å². The summed E-state index contributed by atoms with van der Waals surface area (Å²) >= 11 is 0. The van der Waals surface area contributed by atoms with Gasteiger partial charge in [-0.25, -0.2) is 14.4 Å². The summed E-state index contributed by atoms with van der Waals surface area (Å²) in [7, 11) is 3.09. The minimum atomic E-state index is -1.03. The van der Waals surface area contributed by atoms with Crippen LogP contribution < -0.4 is 19.4 Å². The Labute approximate surface area is 189 Å². The zero-order valence-electron chi connectivity index (χ0n) is 18.0. The molecular formula is C25H21FN2O5. The molecule has 168 valence electrons. The van der Waals surface area contributed by atoms with Crippen LogP contribution >= 0.6 is 0 Å². The first-order chi connectivity index (χ1) is 16.0. The number of halogens is 1. The minimum Gasteiger partial charge on any atom is -0.497 e. The second kappa shape index (κ2) is 8.22. The Morgan fingerprint density at radius 2 is 1.58 bits per heavy atom. The molecule has 3 aromatic carbocycles. The third-order valence-corrected chi connectivity index (χ3v) is 5.97. The van der Waals surface area contributed by atoms with Crippen molar-refractivity contribution in [1.29, 1.82) is 0 Å². The maximum absolute atomic E-state index is 13.6. The van der Waals surface area contributed by atoms with E-state index in [1.54, 1.807) is 24.3 Å². The van der Waals surface area contributed by atoms with Crippen LogP contribution in [0.4, 0.5) is 15.8 Å². The molecule has 3 atom stereocenters. The molecule has 2 amide bonds. The van der Waals surface area contributed by atoms with Crippen molar-refractivity contribution in [3.63, 3.8) is 0 Å². The van der Waals surface area contributed by atoms with Gasteiger partial charge in [0.2, 0.25) is 5.91 Å². The average molecular weight is 448 g/mol. The lowest BCUT2D eigenvalue weighted by Crippen LogP contribution is -2.37. The topological polar surface area (TPSA) is 68.3 Å². The Balaban J connectivity index is 1.62. The van der Waals surface area contributed by atoms with E-state index in [-0.39, 0.29) is 0 Å². The van der Waals surface area contributed by atoms with Crippen LogP contribution in [0.15, 0.2) is 72.8 Å². The fourth-order valence-corrected chi connectivity index (χ4v) is 4.44. The third-order valence-electron chi connectivity index (χ3n) is 5.97. The van der Waals surface area contributed by atoms with E-state index in [4.69, 9.17) is 14.3 Å². The highest BCUT2D eigenvalue weighted by atomic mass is 19.1. The van der Waals surface area contributed by atoms with Gasteiger partial charge in [-0.2, -0.15) is 0 Å². The number of hydrogen-bond donors (Lipinski definition) is 0. The fourth-order valence-electron chi connectivity index (χ4n) is 4.44. The lowest BCUT2D eigenvalue weighted by molar-refractivity contribution is -0.126. The third kappa shape index (κ3) is 3.39. The quantitative estimate of drug-likeness (QED) is 0.552. The molecule has 3 aromatic rings. The number of imide groups is 1. The number of ether oxygens (including phenoxy) is 2. The van der Waals surface area contributed by atoms with Crippen LogP contribution in [0.3, 0.4) is 0 Å². The van der Waals surface area contributed by atoms with Crippen molar-refractivity contribution in [2.24, 2.45) is 5.92 Å². The van der Waals surface area contributed by atoms with Crippen molar-refractivity contribution >= 4 is 23.2 Å². The first-order valence-electron chi connectivity index (χ1n) is 10.4. The molecule has 5 rings (SSSR count). The Morgan fingerprint density at radius 3 is 2.24 bits per heavy atom. The molecule has 3 unspecified atom stereocenters. The number of para-hydroxylation sites is 1. The van der Waals surface area contributed by atoms with Gasteiger partial charge in [0.05, 0.1) is 31.6 Å². The van der Waals surface area contributed by atoms with Crippen LogP contribution in [0, 0.1) is 11.7 Å². The lowest BCUT2D eigenvalue weighted by Gasteiger charge is -2.29. The number of carbonyl (C=O) groups excluding carboxylic acids is 2. The number of nitrogens with zero attached hydrogens (tertiary/aromatic N) is 2. The molecule has 7 nitrogen and oxygen atoms in total. The molecule has 0 aliphatic carbocycles. The molecule has 2 heterocycles. The lowest BCUT2D eigenvalue weighted by atomic mass is 9.90. The van der Waals surface area contributed by atoms with E-state index in [2.05, 4.69) is 0 Å². The Morgan fingerprint density at radius 1 is 0.848 bits per heavy atom. The van der Waals surface area contributed by atoms with Crippen LogP contribution in [-0.2, 0) is 14.4 Å². The highest BCUT2D eigenvalue weighted by Crippen LogP contribution is 2.49. The zero-order valence-corrected chi connectivity index (χ0v) is 18.0. The molecule has 2 saturated heterocycles. The number of hydroxylamine groups is 1. The van der Waals surface area contributed by atoms with Gasteiger partial charge in [-0.1, -0.05) is 18.2 Å². The first kappa shape index (κ1) is 21.0. The molecule has 0 spiro atoms. The zero-order chi connectivity index (χ0) is 23.1. The number of carbonyl (C=O) groups is 2. The molecule has 0 bridgehead atoms. The summed E-state index contributed by atoms with van der Waals surface area (Å²) in [4.78, 5) is 34.1. The number of fused-ring (bicyclic) bond motifs is 1. The number of methoxy groups -OCH3 is 2. The van der Waals surface area contributed by atoms with Crippen LogP contribution in [0.2, 0.25) is 0 Å². The molecule has 2 aliphatic rings. The summed E-state index contributed by atoms with van der Waals surface area (Å²) in [6.45, 7) is 0. The number of benzene rings is 3.